The quantitative estimate of drug-likeness (QED) is 0.456. The number of benzene rings is 2. The molecular weight excluding hydrogens is 345 g/mol. The van der Waals surface area contributed by atoms with Gasteiger partial charge in [-0.3, -0.25) is 4.98 Å². The number of aromatic nitrogens is 1. The van der Waals surface area contributed by atoms with Crippen molar-refractivity contribution in [3.63, 3.8) is 0 Å². The summed E-state index contributed by atoms with van der Waals surface area (Å²) in [6, 6.07) is 16.5. The number of ether oxygens (including phenoxy) is 2. The van der Waals surface area contributed by atoms with E-state index in [0.717, 1.165) is 11.3 Å². The van der Waals surface area contributed by atoms with Gasteiger partial charge >= 0.3 is 5.97 Å². The second kappa shape index (κ2) is 8.76. The number of hydrogen-bond acceptors (Lipinski definition) is 4. The summed E-state index contributed by atoms with van der Waals surface area (Å²) in [4.78, 5) is 16.5. The van der Waals surface area contributed by atoms with Crippen molar-refractivity contribution in [2.45, 2.75) is 6.92 Å². The first-order valence-corrected chi connectivity index (χ1v) is 8.50. The van der Waals surface area contributed by atoms with E-state index in [2.05, 4.69) is 4.98 Å². The summed E-state index contributed by atoms with van der Waals surface area (Å²) in [6.07, 6.45) is 5.47. The van der Waals surface area contributed by atoms with Crippen molar-refractivity contribution < 1.29 is 18.7 Å². The van der Waals surface area contributed by atoms with Gasteiger partial charge in [0.1, 0.15) is 5.82 Å². The Balaban J connectivity index is 1.82. The molecule has 0 saturated carbocycles. The fourth-order valence-electron chi connectivity index (χ4n) is 2.42. The molecule has 0 N–H and O–H groups in total. The Morgan fingerprint density at radius 1 is 1.04 bits per heavy atom. The molecule has 1 heterocycles. The Labute approximate surface area is 156 Å². The third-order valence-electron chi connectivity index (χ3n) is 3.70. The maximum Gasteiger partial charge on any atom is 0.346 e. The van der Waals surface area contributed by atoms with Crippen molar-refractivity contribution in [1.82, 2.24) is 4.98 Å². The molecule has 0 unspecified atom stereocenters. The lowest BCUT2D eigenvalue weighted by Gasteiger charge is -2.11. The molecule has 2 aromatic carbocycles. The Kier molecular flexibility index (Phi) is 5.94. The van der Waals surface area contributed by atoms with Gasteiger partial charge in [-0.1, -0.05) is 30.3 Å². The van der Waals surface area contributed by atoms with Gasteiger partial charge in [-0.2, -0.15) is 0 Å². The van der Waals surface area contributed by atoms with E-state index < -0.39 is 11.8 Å². The lowest BCUT2D eigenvalue weighted by atomic mass is 10.1. The van der Waals surface area contributed by atoms with Crippen molar-refractivity contribution in [2.24, 2.45) is 0 Å². The zero-order valence-electron chi connectivity index (χ0n) is 14.8. The van der Waals surface area contributed by atoms with E-state index in [-0.39, 0.29) is 11.3 Å². The molecule has 0 amide bonds. The van der Waals surface area contributed by atoms with Crippen LogP contribution in [0.2, 0.25) is 0 Å². The highest BCUT2D eigenvalue weighted by Gasteiger charge is 2.16. The molecule has 0 aliphatic carbocycles. The van der Waals surface area contributed by atoms with E-state index in [1.807, 2.05) is 37.3 Å². The Morgan fingerprint density at radius 2 is 1.85 bits per heavy atom. The van der Waals surface area contributed by atoms with Gasteiger partial charge in [-0.15, -0.1) is 0 Å². The Bertz CT molecular complexity index is 955. The summed E-state index contributed by atoms with van der Waals surface area (Å²) >= 11 is 0. The van der Waals surface area contributed by atoms with Gasteiger partial charge in [0.2, 0.25) is 0 Å². The summed E-state index contributed by atoms with van der Waals surface area (Å²) in [7, 11) is 0. The molecule has 0 saturated heterocycles. The standard InChI is InChI=1S/C22H18FNO3/c1-2-26-21-15-16(10-12-17-7-5-6-14-24-17)11-13-20(21)27-22(25)18-8-3-4-9-19(18)23/h3-15H,2H2,1H3/b12-10+. The van der Waals surface area contributed by atoms with Gasteiger partial charge in [0.15, 0.2) is 11.5 Å². The molecule has 3 rings (SSSR count). The van der Waals surface area contributed by atoms with E-state index in [0.29, 0.717) is 12.4 Å². The summed E-state index contributed by atoms with van der Waals surface area (Å²) in [5.74, 6) is -0.758. The van der Waals surface area contributed by atoms with Crippen LogP contribution in [0.15, 0.2) is 66.9 Å². The van der Waals surface area contributed by atoms with Crippen LogP contribution >= 0.6 is 0 Å². The van der Waals surface area contributed by atoms with Gasteiger partial charge in [-0.05, 0) is 55.0 Å². The Morgan fingerprint density at radius 3 is 2.59 bits per heavy atom. The highest BCUT2D eigenvalue weighted by molar-refractivity contribution is 5.91. The molecule has 3 aromatic rings. The van der Waals surface area contributed by atoms with Crippen LogP contribution in [0.1, 0.15) is 28.5 Å². The van der Waals surface area contributed by atoms with E-state index in [1.54, 1.807) is 30.5 Å². The number of rotatable bonds is 6. The van der Waals surface area contributed by atoms with E-state index in [4.69, 9.17) is 9.47 Å². The van der Waals surface area contributed by atoms with Crippen molar-refractivity contribution in [2.75, 3.05) is 6.61 Å². The lowest BCUT2D eigenvalue weighted by Crippen LogP contribution is -2.11. The molecule has 0 aliphatic rings. The summed E-state index contributed by atoms with van der Waals surface area (Å²) in [5, 5.41) is 0. The molecule has 136 valence electrons. The molecule has 0 fully saturated rings. The van der Waals surface area contributed by atoms with Crippen LogP contribution in [-0.4, -0.2) is 17.6 Å². The average molecular weight is 363 g/mol. The summed E-state index contributed by atoms with van der Waals surface area (Å²) in [6.45, 7) is 2.23. The first-order chi connectivity index (χ1) is 13.2. The second-order valence-electron chi connectivity index (χ2n) is 5.60. The smallest absolute Gasteiger partial charge is 0.346 e. The van der Waals surface area contributed by atoms with Crippen molar-refractivity contribution in [3.05, 3.63) is 89.5 Å². The second-order valence-corrected chi connectivity index (χ2v) is 5.60. The molecule has 0 atom stereocenters. The molecule has 0 bridgehead atoms. The minimum absolute atomic E-state index is 0.126. The summed E-state index contributed by atoms with van der Waals surface area (Å²) in [5.41, 5.74) is 1.55. The molecule has 1 aromatic heterocycles. The van der Waals surface area contributed by atoms with Crippen molar-refractivity contribution in [3.8, 4) is 11.5 Å². The topological polar surface area (TPSA) is 48.4 Å². The van der Waals surface area contributed by atoms with Crippen LogP contribution in [-0.2, 0) is 0 Å². The number of pyridine rings is 1. The first kappa shape index (κ1) is 18.3. The average Bonchev–Trinajstić information content (AvgIpc) is 2.69. The highest BCUT2D eigenvalue weighted by Crippen LogP contribution is 2.30. The highest BCUT2D eigenvalue weighted by atomic mass is 19.1. The maximum absolute atomic E-state index is 13.8. The lowest BCUT2D eigenvalue weighted by molar-refractivity contribution is 0.0723. The normalized spacial score (nSPS) is 10.7. The monoisotopic (exact) mass is 363 g/mol. The van der Waals surface area contributed by atoms with Crippen LogP contribution in [0, 0.1) is 5.82 Å². The van der Waals surface area contributed by atoms with E-state index in [9.17, 15) is 9.18 Å². The van der Waals surface area contributed by atoms with Gasteiger partial charge in [0.25, 0.3) is 0 Å². The molecule has 0 spiro atoms. The number of hydrogen-bond donors (Lipinski definition) is 0. The van der Waals surface area contributed by atoms with Crippen molar-refractivity contribution in [1.29, 1.82) is 0 Å². The van der Waals surface area contributed by atoms with Gasteiger partial charge < -0.3 is 9.47 Å². The first-order valence-electron chi connectivity index (χ1n) is 8.50. The predicted molar refractivity (Wildman–Crippen MR) is 102 cm³/mol. The minimum Gasteiger partial charge on any atom is -0.490 e. The molecule has 0 aliphatic heterocycles. The van der Waals surface area contributed by atoms with E-state index >= 15 is 0 Å². The predicted octanol–water partition coefficient (Wildman–Crippen LogP) is 5.01. The van der Waals surface area contributed by atoms with Gasteiger partial charge in [0, 0.05) is 6.20 Å². The van der Waals surface area contributed by atoms with Gasteiger partial charge in [-0.25, -0.2) is 9.18 Å². The third-order valence-corrected chi connectivity index (χ3v) is 3.70. The zero-order valence-corrected chi connectivity index (χ0v) is 14.8. The molecule has 0 radical (unpaired) electrons. The minimum atomic E-state index is -0.772. The molecule has 5 heteroatoms. The third kappa shape index (κ3) is 4.79. The Hall–Kier alpha value is -3.47. The molecular formula is C22H18FNO3. The number of carbonyl (C=O) groups excluding carboxylic acids is 1. The summed E-state index contributed by atoms with van der Waals surface area (Å²) < 4.78 is 24.7. The van der Waals surface area contributed by atoms with Crippen LogP contribution in [0.3, 0.4) is 0 Å². The fraction of sp³-hybridized carbons (Fsp3) is 0.0909. The van der Waals surface area contributed by atoms with Crippen LogP contribution < -0.4 is 9.47 Å². The SMILES string of the molecule is CCOc1cc(/C=C/c2ccccn2)ccc1OC(=O)c1ccccc1F. The molecule has 4 nitrogen and oxygen atoms in total. The number of carbonyl (C=O) groups is 1. The van der Waals surface area contributed by atoms with Crippen LogP contribution in [0.5, 0.6) is 11.5 Å². The van der Waals surface area contributed by atoms with Crippen LogP contribution in [0.4, 0.5) is 4.39 Å². The van der Waals surface area contributed by atoms with Gasteiger partial charge in [0.05, 0.1) is 17.9 Å². The maximum atomic E-state index is 13.8. The van der Waals surface area contributed by atoms with Crippen molar-refractivity contribution >= 4 is 18.1 Å². The number of halogens is 1. The largest absolute Gasteiger partial charge is 0.490 e. The van der Waals surface area contributed by atoms with Crippen LogP contribution in [0.25, 0.3) is 12.2 Å². The molecule has 27 heavy (non-hydrogen) atoms. The number of esters is 1. The van der Waals surface area contributed by atoms with E-state index in [1.165, 1.54) is 18.2 Å². The fourth-order valence-corrected chi connectivity index (χ4v) is 2.42. The zero-order chi connectivity index (χ0) is 19.1. The number of nitrogens with zero attached hydrogens (tertiary/aromatic N) is 1.